The van der Waals surface area contributed by atoms with Crippen LogP contribution in [0.15, 0.2) is 60.7 Å². The molecule has 58 heavy (non-hydrogen) atoms. The van der Waals surface area contributed by atoms with Crippen LogP contribution in [0.25, 0.3) is 0 Å². The molecule has 1 unspecified atom stereocenters. The number of aliphatic hydroxyl groups excluding tert-OH is 4. The number of ether oxygens (including phenoxy) is 10. The third-order valence-electron chi connectivity index (χ3n) is 10.6. The van der Waals surface area contributed by atoms with Gasteiger partial charge in [0.25, 0.3) is 0 Å². The highest BCUT2D eigenvalue weighted by Gasteiger charge is 2.49. The number of aromatic hydroxyl groups is 2. The molecule has 0 radical (unpaired) electrons. The van der Waals surface area contributed by atoms with Gasteiger partial charge in [0.15, 0.2) is 58.2 Å². The van der Waals surface area contributed by atoms with E-state index < -0.39 is 49.8 Å². The summed E-state index contributed by atoms with van der Waals surface area (Å²) in [4.78, 5) is 0. The SMILES string of the molecule is COc1cc([C@H](O)C(CO)Oc2c(OC)cc([C@@H]3OC[C@@H]4[C@H]3CO[C@H]4c3cc(OC)c(O[C@@H](CO)[C@@H](O)c4ccc(O)c(OC)c4)c(OC)c3)cc2OC)ccc1O. The van der Waals surface area contributed by atoms with Gasteiger partial charge in [0.05, 0.1) is 81.3 Å². The number of phenolic OH excluding ortho intramolecular Hbond substituents is 2. The van der Waals surface area contributed by atoms with Crippen LogP contribution in [0.2, 0.25) is 0 Å². The van der Waals surface area contributed by atoms with Crippen LogP contribution in [-0.4, -0.2) is 112 Å². The van der Waals surface area contributed by atoms with Crippen molar-refractivity contribution in [2.24, 2.45) is 11.8 Å². The lowest BCUT2D eigenvalue weighted by Crippen LogP contribution is -2.29. The third-order valence-corrected chi connectivity index (χ3v) is 10.6. The Morgan fingerprint density at radius 1 is 0.517 bits per heavy atom. The van der Waals surface area contributed by atoms with Crippen molar-refractivity contribution < 1.29 is 78.0 Å². The Balaban J connectivity index is 1.22. The van der Waals surface area contributed by atoms with Crippen molar-refractivity contribution in [3.8, 4) is 57.5 Å². The second-order valence-electron chi connectivity index (χ2n) is 13.8. The second-order valence-corrected chi connectivity index (χ2v) is 13.8. The minimum atomic E-state index is -1.31. The Labute approximate surface area is 335 Å². The molecule has 0 aromatic heterocycles. The molecular formula is C42H50O16. The van der Waals surface area contributed by atoms with Gasteiger partial charge in [-0.15, -0.1) is 0 Å². The molecule has 16 nitrogen and oxygen atoms in total. The minimum Gasteiger partial charge on any atom is -0.504 e. The summed E-state index contributed by atoms with van der Waals surface area (Å²) >= 11 is 0. The average molecular weight is 811 g/mol. The highest BCUT2D eigenvalue weighted by molar-refractivity contribution is 5.56. The number of rotatable bonds is 18. The van der Waals surface area contributed by atoms with E-state index in [1.54, 1.807) is 24.3 Å². The predicted octanol–water partition coefficient (Wildman–Crippen LogP) is 4.17. The summed E-state index contributed by atoms with van der Waals surface area (Å²) in [5.74, 6) is 1.38. The Morgan fingerprint density at radius 2 is 0.845 bits per heavy atom. The van der Waals surface area contributed by atoms with Crippen LogP contribution in [0.3, 0.4) is 0 Å². The number of methoxy groups -OCH3 is 6. The van der Waals surface area contributed by atoms with Crippen molar-refractivity contribution in [2.45, 2.75) is 36.6 Å². The van der Waals surface area contributed by atoms with Crippen LogP contribution in [0, 0.1) is 11.8 Å². The van der Waals surface area contributed by atoms with Crippen LogP contribution in [-0.2, 0) is 9.47 Å². The number of aliphatic hydroxyl groups is 4. The van der Waals surface area contributed by atoms with E-state index in [-0.39, 0.29) is 69.3 Å². The zero-order valence-corrected chi connectivity index (χ0v) is 33.0. The predicted molar refractivity (Wildman–Crippen MR) is 206 cm³/mol. The van der Waals surface area contributed by atoms with Crippen LogP contribution < -0.4 is 37.9 Å². The van der Waals surface area contributed by atoms with Gasteiger partial charge in [0.2, 0.25) is 11.5 Å². The molecule has 2 heterocycles. The average Bonchev–Trinajstić information content (AvgIpc) is 3.87. The fourth-order valence-corrected chi connectivity index (χ4v) is 7.49. The summed E-state index contributed by atoms with van der Waals surface area (Å²) in [6, 6.07) is 15.7. The van der Waals surface area contributed by atoms with E-state index in [4.69, 9.17) is 47.4 Å². The summed E-state index contributed by atoms with van der Waals surface area (Å²) in [5.41, 5.74) is 2.17. The maximum Gasteiger partial charge on any atom is 0.204 e. The Morgan fingerprint density at radius 3 is 1.14 bits per heavy atom. The first-order valence-corrected chi connectivity index (χ1v) is 18.4. The Kier molecular flexibility index (Phi) is 13.5. The zero-order chi connectivity index (χ0) is 41.7. The van der Waals surface area contributed by atoms with Gasteiger partial charge >= 0.3 is 0 Å². The quantitative estimate of drug-likeness (QED) is 0.0832. The maximum absolute atomic E-state index is 11.2. The molecular weight excluding hydrogens is 760 g/mol. The second kappa shape index (κ2) is 18.5. The molecule has 4 aromatic carbocycles. The van der Waals surface area contributed by atoms with Crippen molar-refractivity contribution in [1.29, 1.82) is 0 Å². The first kappa shape index (κ1) is 42.3. The molecule has 2 aliphatic rings. The van der Waals surface area contributed by atoms with E-state index in [0.29, 0.717) is 24.3 Å². The van der Waals surface area contributed by atoms with Gasteiger partial charge < -0.3 is 78.0 Å². The smallest absolute Gasteiger partial charge is 0.204 e. The molecule has 6 N–H and O–H groups in total. The lowest BCUT2D eigenvalue weighted by molar-refractivity contribution is -0.00205. The van der Waals surface area contributed by atoms with E-state index >= 15 is 0 Å². The molecule has 2 saturated heterocycles. The minimum absolute atomic E-state index is 0.0909. The number of hydrogen-bond acceptors (Lipinski definition) is 16. The van der Waals surface area contributed by atoms with E-state index in [1.807, 2.05) is 0 Å². The summed E-state index contributed by atoms with van der Waals surface area (Å²) in [6.45, 7) is -0.408. The summed E-state index contributed by atoms with van der Waals surface area (Å²) in [5, 5.41) is 62.8. The lowest BCUT2D eigenvalue weighted by atomic mass is 9.84. The Hall–Kier alpha value is -5.36. The molecule has 16 heteroatoms. The van der Waals surface area contributed by atoms with Crippen LogP contribution in [0.4, 0.5) is 0 Å². The normalized spacial score (nSPS) is 20.7. The van der Waals surface area contributed by atoms with Crippen LogP contribution >= 0.6 is 0 Å². The molecule has 0 bridgehead atoms. The van der Waals surface area contributed by atoms with Gasteiger partial charge in [-0.25, -0.2) is 0 Å². The molecule has 8 atom stereocenters. The van der Waals surface area contributed by atoms with E-state index in [2.05, 4.69) is 0 Å². The number of fused-ring (bicyclic) bond motifs is 1. The van der Waals surface area contributed by atoms with Crippen molar-refractivity contribution in [1.82, 2.24) is 0 Å². The van der Waals surface area contributed by atoms with Gasteiger partial charge in [-0.3, -0.25) is 0 Å². The monoisotopic (exact) mass is 810 g/mol. The number of hydrogen-bond donors (Lipinski definition) is 6. The topological polar surface area (TPSA) is 214 Å². The van der Waals surface area contributed by atoms with Crippen molar-refractivity contribution >= 4 is 0 Å². The third kappa shape index (κ3) is 8.30. The standard InChI is InChI=1S/C42H50O16/c1-49-29-11-21(7-9-27(29)45)37(47)35(17-43)57-41-31(51-3)13-23(14-32(41)52-4)39-25-19-56-40(26(25)20-55-39)24-15-33(53-5)42(34(16-24)54-6)58-36(18-44)38(48)22-8-10-28(46)30(12-22)50-2/h7-16,25-26,35-40,43-48H,17-20H2,1-6H3/t25-,26-,35+,36?,37+,38+,39+,40+/m1/s1. The van der Waals surface area contributed by atoms with Gasteiger partial charge in [0.1, 0.15) is 12.2 Å². The molecule has 0 saturated carbocycles. The van der Waals surface area contributed by atoms with E-state index in [0.717, 1.165) is 11.1 Å². The van der Waals surface area contributed by atoms with Gasteiger partial charge in [-0.05, 0) is 70.8 Å². The number of benzene rings is 4. The highest BCUT2D eigenvalue weighted by Crippen LogP contribution is 2.54. The fraction of sp³-hybridized carbons (Fsp3) is 0.429. The molecule has 0 spiro atoms. The summed E-state index contributed by atoms with van der Waals surface area (Å²) in [7, 11) is 8.65. The van der Waals surface area contributed by atoms with Gasteiger partial charge in [0, 0.05) is 11.8 Å². The molecule has 314 valence electrons. The Bertz CT molecular complexity index is 1830. The molecule has 0 amide bonds. The molecule has 2 fully saturated rings. The zero-order valence-electron chi connectivity index (χ0n) is 33.0. The summed E-state index contributed by atoms with van der Waals surface area (Å²) in [6.07, 6.45) is -5.76. The van der Waals surface area contributed by atoms with Crippen LogP contribution in [0.1, 0.15) is 46.7 Å². The lowest BCUT2D eigenvalue weighted by Gasteiger charge is -2.26. The van der Waals surface area contributed by atoms with Crippen LogP contribution in [0.5, 0.6) is 57.5 Å². The molecule has 0 aliphatic carbocycles. The first-order valence-electron chi connectivity index (χ1n) is 18.4. The maximum atomic E-state index is 11.2. The molecule has 6 rings (SSSR count). The fourth-order valence-electron chi connectivity index (χ4n) is 7.49. The molecule has 4 aromatic rings. The van der Waals surface area contributed by atoms with Crippen molar-refractivity contribution in [2.75, 3.05) is 69.1 Å². The molecule has 2 aliphatic heterocycles. The largest absolute Gasteiger partial charge is 0.504 e. The highest BCUT2D eigenvalue weighted by atomic mass is 16.6. The van der Waals surface area contributed by atoms with Gasteiger partial charge in [-0.2, -0.15) is 0 Å². The van der Waals surface area contributed by atoms with Crippen molar-refractivity contribution in [3.05, 3.63) is 82.9 Å². The summed E-state index contributed by atoms with van der Waals surface area (Å²) < 4.78 is 58.4. The van der Waals surface area contributed by atoms with Crippen molar-refractivity contribution in [3.63, 3.8) is 0 Å². The number of phenols is 2. The van der Waals surface area contributed by atoms with E-state index in [9.17, 15) is 30.6 Å². The van der Waals surface area contributed by atoms with E-state index in [1.165, 1.54) is 79.1 Å². The first-order chi connectivity index (χ1) is 28.0. The van der Waals surface area contributed by atoms with Gasteiger partial charge in [-0.1, -0.05) is 12.1 Å².